The zero-order valence-corrected chi connectivity index (χ0v) is 12.2. The summed E-state index contributed by atoms with van der Waals surface area (Å²) in [6.07, 6.45) is -0.0912. The van der Waals surface area contributed by atoms with Gasteiger partial charge in [-0.2, -0.15) is 0 Å². The number of nitro groups is 2. The van der Waals surface area contributed by atoms with Gasteiger partial charge in [-0.3, -0.25) is 20.2 Å². The van der Waals surface area contributed by atoms with Crippen LogP contribution < -0.4 is 9.47 Å². The normalized spacial score (nSPS) is 10.3. The fourth-order valence-electron chi connectivity index (χ4n) is 1.79. The van der Waals surface area contributed by atoms with E-state index in [-0.39, 0.29) is 11.4 Å². The van der Waals surface area contributed by atoms with Gasteiger partial charge in [0.1, 0.15) is 11.5 Å². The third-order valence-electron chi connectivity index (χ3n) is 2.96. The van der Waals surface area contributed by atoms with Crippen LogP contribution in [-0.2, 0) is 0 Å². The van der Waals surface area contributed by atoms with Crippen LogP contribution in [0.25, 0.3) is 0 Å². The quantitative estimate of drug-likeness (QED) is 0.438. The molecule has 120 valence electrons. The molecular formula is C15H14N2O6. The van der Waals surface area contributed by atoms with Crippen molar-refractivity contribution < 1.29 is 19.3 Å². The van der Waals surface area contributed by atoms with E-state index < -0.39 is 16.1 Å². The minimum Gasteiger partial charge on any atom is -0.455 e. The molecule has 0 N–H and O–H groups in total. The van der Waals surface area contributed by atoms with Gasteiger partial charge in [0.05, 0.1) is 9.85 Å². The smallest absolute Gasteiger partial charge is 0.269 e. The molecule has 0 aliphatic carbocycles. The van der Waals surface area contributed by atoms with Gasteiger partial charge >= 0.3 is 0 Å². The highest BCUT2D eigenvalue weighted by Gasteiger charge is 2.12. The molecule has 23 heavy (non-hydrogen) atoms. The van der Waals surface area contributed by atoms with Crippen molar-refractivity contribution in [1.82, 2.24) is 0 Å². The van der Waals surface area contributed by atoms with Gasteiger partial charge in [0.15, 0.2) is 0 Å². The van der Waals surface area contributed by atoms with Gasteiger partial charge in [-0.05, 0) is 24.3 Å². The average molecular weight is 318 g/mol. The molecular weight excluding hydrogens is 304 g/mol. The van der Waals surface area contributed by atoms with E-state index in [2.05, 4.69) is 0 Å². The van der Waals surface area contributed by atoms with E-state index in [1.54, 1.807) is 0 Å². The number of benzene rings is 2. The fraction of sp³-hybridized carbons (Fsp3) is 0.200. The summed E-state index contributed by atoms with van der Waals surface area (Å²) in [5.74, 6) is 0.869. The van der Waals surface area contributed by atoms with Gasteiger partial charge in [-0.25, -0.2) is 0 Å². The van der Waals surface area contributed by atoms with Crippen LogP contribution in [0, 0.1) is 20.2 Å². The van der Waals surface area contributed by atoms with Gasteiger partial charge in [-0.1, -0.05) is 6.92 Å². The maximum absolute atomic E-state index is 10.6. The molecule has 0 aromatic heterocycles. The Labute approximate surface area is 131 Å². The Hall–Kier alpha value is -3.16. The molecule has 0 aliphatic rings. The minimum absolute atomic E-state index is 0.0262. The summed E-state index contributed by atoms with van der Waals surface area (Å²) in [4.78, 5) is 20.2. The summed E-state index contributed by atoms with van der Waals surface area (Å²) in [5.41, 5.74) is -0.0524. The molecule has 0 fully saturated rings. The lowest BCUT2D eigenvalue weighted by Crippen LogP contribution is -2.22. The Morgan fingerprint density at radius 1 is 0.826 bits per heavy atom. The molecule has 0 unspecified atom stereocenters. The highest BCUT2D eigenvalue weighted by atomic mass is 16.7. The first-order chi connectivity index (χ1) is 11.0. The molecule has 8 nitrogen and oxygen atoms in total. The lowest BCUT2D eigenvalue weighted by atomic mass is 10.3. The van der Waals surface area contributed by atoms with Crippen molar-refractivity contribution in [3.8, 4) is 11.5 Å². The summed E-state index contributed by atoms with van der Waals surface area (Å²) in [5, 5.41) is 21.2. The van der Waals surface area contributed by atoms with Gasteiger partial charge in [0, 0.05) is 30.7 Å². The maximum Gasteiger partial charge on any atom is 0.269 e. The second kappa shape index (κ2) is 7.21. The van der Waals surface area contributed by atoms with Crippen LogP contribution in [0.4, 0.5) is 11.4 Å². The van der Waals surface area contributed by atoms with E-state index in [0.717, 1.165) is 0 Å². The number of nitrogens with zero attached hydrogens (tertiary/aromatic N) is 2. The first-order valence-electron chi connectivity index (χ1n) is 6.82. The molecule has 2 aromatic carbocycles. The first kappa shape index (κ1) is 16.2. The van der Waals surface area contributed by atoms with Crippen molar-refractivity contribution in [2.24, 2.45) is 0 Å². The van der Waals surface area contributed by atoms with E-state index in [4.69, 9.17) is 9.47 Å². The summed E-state index contributed by atoms with van der Waals surface area (Å²) >= 11 is 0. The Morgan fingerprint density at radius 2 is 1.17 bits per heavy atom. The number of non-ortho nitro benzene ring substituents is 2. The topological polar surface area (TPSA) is 105 Å². The lowest BCUT2D eigenvalue weighted by Gasteiger charge is -2.19. The Morgan fingerprint density at radius 3 is 1.43 bits per heavy atom. The van der Waals surface area contributed by atoms with Crippen molar-refractivity contribution in [3.05, 3.63) is 68.8 Å². The third-order valence-corrected chi connectivity index (χ3v) is 2.96. The maximum atomic E-state index is 10.6. The Bertz CT molecular complexity index is 625. The zero-order valence-electron chi connectivity index (χ0n) is 12.2. The van der Waals surface area contributed by atoms with Crippen molar-refractivity contribution in [1.29, 1.82) is 0 Å². The molecule has 2 aromatic rings. The monoisotopic (exact) mass is 318 g/mol. The summed E-state index contributed by atoms with van der Waals surface area (Å²) in [7, 11) is 0. The number of nitro benzene ring substituents is 2. The lowest BCUT2D eigenvalue weighted by molar-refractivity contribution is -0.385. The molecule has 0 saturated heterocycles. The summed E-state index contributed by atoms with van der Waals surface area (Å²) in [6.45, 7) is 1.85. The van der Waals surface area contributed by atoms with E-state index in [1.165, 1.54) is 48.5 Å². The zero-order chi connectivity index (χ0) is 16.8. The van der Waals surface area contributed by atoms with E-state index in [0.29, 0.717) is 17.9 Å². The van der Waals surface area contributed by atoms with Crippen LogP contribution in [0.15, 0.2) is 48.5 Å². The van der Waals surface area contributed by atoms with Crippen LogP contribution in [0.3, 0.4) is 0 Å². The van der Waals surface area contributed by atoms with Gasteiger partial charge < -0.3 is 9.47 Å². The Kier molecular flexibility index (Phi) is 5.08. The standard InChI is InChI=1S/C15H14N2O6/c1-2-15(22-13-7-3-11(4-8-13)16(18)19)23-14-9-5-12(6-10-14)17(20)21/h3-10,15H,2H2,1H3. The first-order valence-corrected chi connectivity index (χ1v) is 6.82. The van der Waals surface area contributed by atoms with Gasteiger partial charge in [-0.15, -0.1) is 0 Å². The summed E-state index contributed by atoms with van der Waals surface area (Å²) < 4.78 is 11.2. The highest BCUT2D eigenvalue weighted by Crippen LogP contribution is 2.22. The van der Waals surface area contributed by atoms with Crippen molar-refractivity contribution in [2.45, 2.75) is 19.6 Å². The SMILES string of the molecule is CCC(Oc1ccc([N+](=O)[O-])cc1)Oc1ccc([N+](=O)[O-])cc1. The molecule has 8 heteroatoms. The second-order valence-corrected chi connectivity index (χ2v) is 4.58. The highest BCUT2D eigenvalue weighted by molar-refractivity contribution is 5.37. The van der Waals surface area contributed by atoms with E-state index in [1.807, 2.05) is 6.92 Å². The van der Waals surface area contributed by atoms with Gasteiger partial charge in [0.25, 0.3) is 11.4 Å². The van der Waals surface area contributed by atoms with Crippen molar-refractivity contribution in [3.63, 3.8) is 0 Å². The molecule has 0 radical (unpaired) electrons. The summed E-state index contributed by atoms with van der Waals surface area (Å²) in [6, 6.07) is 11.3. The van der Waals surface area contributed by atoms with Crippen LogP contribution >= 0.6 is 0 Å². The third kappa shape index (κ3) is 4.40. The second-order valence-electron chi connectivity index (χ2n) is 4.58. The van der Waals surface area contributed by atoms with Crippen molar-refractivity contribution >= 4 is 11.4 Å². The molecule has 0 amide bonds. The number of ether oxygens (including phenoxy) is 2. The molecule has 0 atom stereocenters. The number of hydrogen-bond donors (Lipinski definition) is 0. The van der Waals surface area contributed by atoms with Gasteiger partial charge in [0.2, 0.25) is 6.29 Å². The van der Waals surface area contributed by atoms with E-state index in [9.17, 15) is 20.2 Å². The fourth-order valence-corrected chi connectivity index (χ4v) is 1.79. The minimum atomic E-state index is -0.613. The van der Waals surface area contributed by atoms with Crippen LogP contribution in [0.5, 0.6) is 11.5 Å². The number of hydrogen-bond acceptors (Lipinski definition) is 6. The van der Waals surface area contributed by atoms with Crippen molar-refractivity contribution in [2.75, 3.05) is 0 Å². The van der Waals surface area contributed by atoms with E-state index >= 15 is 0 Å². The predicted molar refractivity (Wildman–Crippen MR) is 81.5 cm³/mol. The molecule has 0 saturated carbocycles. The molecule has 0 spiro atoms. The van der Waals surface area contributed by atoms with Crippen LogP contribution in [0.1, 0.15) is 13.3 Å². The molecule has 0 aliphatic heterocycles. The number of rotatable bonds is 7. The molecule has 0 heterocycles. The largest absolute Gasteiger partial charge is 0.455 e. The molecule has 2 rings (SSSR count). The Balaban J connectivity index is 2.02. The average Bonchev–Trinajstić information content (AvgIpc) is 2.55. The predicted octanol–water partition coefficient (Wildman–Crippen LogP) is 3.70. The van der Waals surface area contributed by atoms with Crippen LogP contribution in [-0.4, -0.2) is 16.1 Å². The molecule has 0 bridgehead atoms. The van der Waals surface area contributed by atoms with Crippen LogP contribution in [0.2, 0.25) is 0 Å².